The average molecular weight is 391 g/mol. The van der Waals surface area contributed by atoms with Crippen molar-refractivity contribution in [3.8, 4) is 0 Å². The second-order valence-corrected chi connectivity index (χ2v) is 8.19. The van der Waals surface area contributed by atoms with Crippen LogP contribution in [-0.4, -0.2) is 17.1 Å². The Hall–Kier alpha value is -1.98. The monoisotopic (exact) mass is 390 g/mol. The molecule has 0 saturated carbocycles. The van der Waals surface area contributed by atoms with Gasteiger partial charge in [0.25, 0.3) is 0 Å². The second-order valence-electron chi connectivity index (χ2n) is 6.40. The Balaban J connectivity index is 1.90. The first-order chi connectivity index (χ1) is 12.3. The molecule has 2 amide bonds. The topological polar surface area (TPSA) is 58.2 Å². The van der Waals surface area contributed by atoms with Crippen molar-refractivity contribution in [1.29, 1.82) is 0 Å². The summed E-state index contributed by atoms with van der Waals surface area (Å²) < 4.78 is 0. The van der Waals surface area contributed by atoms with Crippen LogP contribution in [0.15, 0.2) is 53.4 Å². The Bertz CT molecular complexity index is 763. The molecule has 0 aliphatic heterocycles. The maximum Gasteiger partial charge on any atom is 0.237 e. The molecule has 2 rings (SSSR count). The normalized spacial score (nSPS) is 11.9. The second kappa shape index (κ2) is 9.64. The minimum atomic E-state index is -0.291. The molecule has 0 spiro atoms. The number of amides is 2. The number of carbonyl (C=O) groups excluding carboxylic acids is 2. The highest BCUT2D eigenvalue weighted by molar-refractivity contribution is 8.00. The SMILES string of the molecule is CC(C)CC(=O)Nc1ccc(NC(=O)C(C)Sc2ccccc2Cl)cc1. The fraction of sp³-hybridized carbons (Fsp3) is 0.300. The number of hydrogen-bond acceptors (Lipinski definition) is 3. The van der Waals surface area contributed by atoms with Gasteiger partial charge in [-0.15, -0.1) is 11.8 Å². The predicted molar refractivity (Wildman–Crippen MR) is 110 cm³/mol. The molecule has 0 bridgehead atoms. The molecular weight excluding hydrogens is 368 g/mol. The zero-order valence-electron chi connectivity index (χ0n) is 15.1. The number of nitrogens with one attached hydrogen (secondary N) is 2. The number of thioether (sulfide) groups is 1. The Morgan fingerprint density at radius 2 is 1.54 bits per heavy atom. The van der Waals surface area contributed by atoms with E-state index < -0.39 is 0 Å². The molecule has 26 heavy (non-hydrogen) atoms. The highest BCUT2D eigenvalue weighted by atomic mass is 35.5. The van der Waals surface area contributed by atoms with Gasteiger partial charge in [0.05, 0.1) is 10.3 Å². The van der Waals surface area contributed by atoms with Crippen molar-refractivity contribution in [2.45, 2.75) is 37.3 Å². The van der Waals surface area contributed by atoms with Gasteiger partial charge in [-0.25, -0.2) is 0 Å². The van der Waals surface area contributed by atoms with E-state index in [4.69, 9.17) is 11.6 Å². The standard InChI is InChI=1S/C20H23ClN2O2S/c1-13(2)12-19(24)22-15-8-10-16(11-9-15)23-20(25)14(3)26-18-7-5-4-6-17(18)21/h4-11,13-14H,12H2,1-3H3,(H,22,24)(H,23,25). The largest absolute Gasteiger partial charge is 0.326 e. The van der Waals surface area contributed by atoms with E-state index >= 15 is 0 Å². The number of rotatable bonds is 7. The zero-order valence-corrected chi connectivity index (χ0v) is 16.7. The molecule has 1 unspecified atom stereocenters. The first-order valence-electron chi connectivity index (χ1n) is 8.47. The highest BCUT2D eigenvalue weighted by Crippen LogP contribution is 2.30. The lowest BCUT2D eigenvalue weighted by molar-refractivity contribution is -0.117. The molecule has 2 N–H and O–H groups in total. The maximum atomic E-state index is 12.4. The summed E-state index contributed by atoms with van der Waals surface area (Å²) in [6.07, 6.45) is 0.481. The summed E-state index contributed by atoms with van der Waals surface area (Å²) in [5.41, 5.74) is 1.40. The van der Waals surface area contributed by atoms with Gasteiger partial charge in [-0.2, -0.15) is 0 Å². The highest BCUT2D eigenvalue weighted by Gasteiger charge is 2.16. The molecule has 138 valence electrons. The molecule has 2 aromatic rings. The minimum absolute atomic E-state index is 0.0125. The first-order valence-corrected chi connectivity index (χ1v) is 9.73. The van der Waals surface area contributed by atoms with Crippen molar-refractivity contribution in [3.63, 3.8) is 0 Å². The zero-order chi connectivity index (χ0) is 19.1. The van der Waals surface area contributed by atoms with Crippen molar-refractivity contribution >= 4 is 46.6 Å². The fourth-order valence-electron chi connectivity index (χ4n) is 2.25. The molecule has 0 aliphatic rings. The smallest absolute Gasteiger partial charge is 0.237 e. The van der Waals surface area contributed by atoms with Crippen LogP contribution in [-0.2, 0) is 9.59 Å². The Labute approximate surface area is 163 Å². The molecule has 0 aromatic heterocycles. The van der Waals surface area contributed by atoms with Gasteiger partial charge >= 0.3 is 0 Å². The molecule has 0 saturated heterocycles. The predicted octanol–water partition coefficient (Wildman–Crippen LogP) is 5.44. The molecule has 0 aliphatic carbocycles. The number of benzene rings is 2. The summed E-state index contributed by atoms with van der Waals surface area (Å²) >= 11 is 7.55. The van der Waals surface area contributed by atoms with Crippen molar-refractivity contribution in [3.05, 3.63) is 53.6 Å². The molecule has 6 heteroatoms. The van der Waals surface area contributed by atoms with Gasteiger partial charge in [-0.05, 0) is 49.2 Å². The summed E-state index contributed by atoms with van der Waals surface area (Å²) in [4.78, 5) is 25.0. The van der Waals surface area contributed by atoms with Crippen molar-refractivity contribution < 1.29 is 9.59 Å². The number of halogens is 1. The molecule has 4 nitrogen and oxygen atoms in total. The summed E-state index contributed by atoms with van der Waals surface area (Å²) in [5.74, 6) is 0.193. The van der Waals surface area contributed by atoms with Crippen LogP contribution >= 0.6 is 23.4 Å². The van der Waals surface area contributed by atoms with E-state index in [0.717, 1.165) is 4.90 Å². The fourth-order valence-corrected chi connectivity index (χ4v) is 3.40. The number of hydrogen-bond donors (Lipinski definition) is 2. The van der Waals surface area contributed by atoms with Gasteiger partial charge in [0.15, 0.2) is 0 Å². The van der Waals surface area contributed by atoms with Crippen LogP contribution in [0.25, 0.3) is 0 Å². The average Bonchev–Trinajstić information content (AvgIpc) is 2.57. The molecule has 0 fully saturated rings. The van der Waals surface area contributed by atoms with Crippen molar-refractivity contribution in [1.82, 2.24) is 0 Å². The van der Waals surface area contributed by atoms with E-state index in [2.05, 4.69) is 10.6 Å². The van der Waals surface area contributed by atoms with Gasteiger partial charge in [0, 0.05) is 22.7 Å². The molecule has 0 radical (unpaired) electrons. The third kappa shape index (κ3) is 6.39. The lowest BCUT2D eigenvalue weighted by Gasteiger charge is -2.13. The number of anilines is 2. The molecule has 0 heterocycles. The van der Waals surface area contributed by atoms with Crippen LogP contribution in [0.5, 0.6) is 0 Å². The van der Waals surface area contributed by atoms with E-state index in [1.807, 2.05) is 39.0 Å². The van der Waals surface area contributed by atoms with E-state index in [0.29, 0.717) is 28.7 Å². The van der Waals surface area contributed by atoms with Gasteiger partial charge in [-0.1, -0.05) is 37.6 Å². The van der Waals surface area contributed by atoms with E-state index in [-0.39, 0.29) is 17.1 Å². The summed E-state index contributed by atoms with van der Waals surface area (Å²) in [7, 11) is 0. The summed E-state index contributed by atoms with van der Waals surface area (Å²) in [6.45, 7) is 5.84. The van der Waals surface area contributed by atoms with Crippen LogP contribution in [0.4, 0.5) is 11.4 Å². The van der Waals surface area contributed by atoms with Crippen molar-refractivity contribution in [2.24, 2.45) is 5.92 Å². The van der Waals surface area contributed by atoms with Crippen molar-refractivity contribution in [2.75, 3.05) is 10.6 Å². The van der Waals surface area contributed by atoms with Gasteiger partial charge in [0.1, 0.15) is 0 Å². The summed E-state index contributed by atoms with van der Waals surface area (Å²) in [6, 6.07) is 14.6. The minimum Gasteiger partial charge on any atom is -0.326 e. The Morgan fingerprint density at radius 1 is 0.962 bits per heavy atom. The first kappa shape index (κ1) is 20.3. The third-order valence-corrected chi connectivity index (χ3v) is 5.16. The lowest BCUT2D eigenvalue weighted by Crippen LogP contribution is -2.22. The Morgan fingerprint density at radius 3 is 2.12 bits per heavy atom. The van der Waals surface area contributed by atoms with Crippen LogP contribution in [0.1, 0.15) is 27.2 Å². The van der Waals surface area contributed by atoms with Gasteiger partial charge in [0.2, 0.25) is 11.8 Å². The third-order valence-electron chi connectivity index (χ3n) is 3.54. The van der Waals surface area contributed by atoms with E-state index in [1.54, 1.807) is 30.3 Å². The maximum absolute atomic E-state index is 12.4. The van der Waals surface area contributed by atoms with E-state index in [1.165, 1.54) is 11.8 Å². The van der Waals surface area contributed by atoms with Crippen LogP contribution in [0.3, 0.4) is 0 Å². The van der Waals surface area contributed by atoms with Gasteiger partial charge in [-0.3, -0.25) is 9.59 Å². The van der Waals surface area contributed by atoms with Crippen LogP contribution < -0.4 is 10.6 Å². The summed E-state index contributed by atoms with van der Waals surface area (Å²) in [5, 5.41) is 6.07. The molecule has 2 aromatic carbocycles. The van der Waals surface area contributed by atoms with E-state index in [9.17, 15) is 9.59 Å². The van der Waals surface area contributed by atoms with Crippen LogP contribution in [0, 0.1) is 5.92 Å². The Kier molecular flexibility index (Phi) is 7.54. The number of carbonyl (C=O) groups is 2. The van der Waals surface area contributed by atoms with Gasteiger partial charge < -0.3 is 10.6 Å². The van der Waals surface area contributed by atoms with Crippen LogP contribution in [0.2, 0.25) is 5.02 Å². The molecule has 1 atom stereocenters. The molecular formula is C20H23ClN2O2S. The quantitative estimate of drug-likeness (QED) is 0.618. The lowest BCUT2D eigenvalue weighted by atomic mass is 10.1.